The predicted molar refractivity (Wildman–Crippen MR) is 108 cm³/mol. The Bertz CT molecular complexity index is 495. The highest BCUT2D eigenvalue weighted by Crippen LogP contribution is 2.23. The number of hydrogen-bond acceptors (Lipinski definition) is 5. The molecule has 5 aliphatic heterocycles. The van der Waals surface area contributed by atoms with Gasteiger partial charge in [-0.3, -0.25) is 15.1 Å². The first-order chi connectivity index (χ1) is 13.9. The van der Waals surface area contributed by atoms with Crippen LogP contribution in [0.15, 0.2) is 0 Å². The molecule has 160 valence electrons. The molecule has 0 amide bonds. The van der Waals surface area contributed by atoms with E-state index in [1.807, 2.05) is 0 Å². The lowest BCUT2D eigenvalue weighted by molar-refractivity contribution is -0.919. The zero-order chi connectivity index (χ0) is 18.8. The van der Waals surface area contributed by atoms with Crippen LogP contribution in [0.1, 0.15) is 51.4 Å². The Morgan fingerprint density at radius 1 is 1.04 bits per heavy atom. The Kier molecular flexibility index (Phi) is 6.50. The molecule has 28 heavy (non-hydrogen) atoms. The van der Waals surface area contributed by atoms with Crippen molar-refractivity contribution in [2.45, 2.75) is 76.0 Å². The summed E-state index contributed by atoms with van der Waals surface area (Å²) in [6.45, 7) is 8.95. The molecular weight excluding hydrogens is 352 g/mol. The number of nitrogens with two attached hydrogens (primary N) is 1. The average Bonchev–Trinajstić information content (AvgIpc) is 3.50. The van der Waals surface area contributed by atoms with Crippen molar-refractivity contribution in [2.24, 2.45) is 11.8 Å². The van der Waals surface area contributed by atoms with Gasteiger partial charge in [-0.15, -0.1) is 0 Å². The lowest BCUT2D eigenvalue weighted by Gasteiger charge is -2.35. The van der Waals surface area contributed by atoms with Crippen molar-refractivity contribution in [3.05, 3.63) is 0 Å². The van der Waals surface area contributed by atoms with Gasteiger partial charge in [-0.1, -0.05) is 0 Å². The van der Waals surface area contributed by atoms with E-state index in [4.69, 9.17) is 4.84 Å². The molecule has 0 aliphatic carbocycles. The fourth-order valence-electron chi connectivity index (χ4n) is 6.54. The van der Waals surface area contributed by atoms with E-state index in [0.29, 0.717) is 24.3 Å². The molecule has 0 bridgehead atoms. The zero-order valence-corrected chi connectivity index (χ0v) is 17.5. The smallest absolute Gasteiger partial charge is 0.183 e. The van der Waals surface area contributed by atoms with Gasteiger partial charge in [-0.25, -0.2) is 0 Å². The maximum atomic E-state index is 6.16. The first-order valence-corrected chi connectivity index (χ1v) is 12.2. The highest BCUT2D eigenvalue weighted by molar-refractivity contribution is 4.85. The SMILES string of the molecule is C1CCN(C2CC(C3NOC(C4CCC[NH+]4CC4CCNCC4)N3)CC[NH2+]2)C1. The fraction of sp³-hybridized carbons (Fsp3) is 1.00. The molecule has 0 aromatic heterocycles. The molecular formula is C21H42N6O+2. The van der Waals surface area contributed by atoms with E-state index in [9.17, 15) is 0 Å². The Labute approximate surface area is 170 Å². The van der Waals surface area contributed by atoms with E-state index >= 15 is 0 Å². The summed E-state index contributed by atoms with van der Waals surface area (Å²) in [6.07, 6.45) is 11.9. The molecule has 7 nitrogen and oxygen atoms in total. The van der Waals surface area contributed by atoms with Crippen LogP contribution in [0.3, 0.4) is 0 Å². The molecule has 0 aromatic carbocycles. The van der Waals surface area contributed by atoms with Gasteiger partial charge in [-0.05, 0) is 38.8 Å². The van der Waals surface area contributed by atoms with Crippen molar-refractivity contribution in [3.8, 4) is 0 Å². The van der Waals surface area contributed by atoms with Crippen LogP contribution in [-0.2, 0) is 4.84 Å². The number of rotatable bonds is 5. The van der Waals surface area contributed by atoms with Gasteiger partial charge in [0, 0.05) is 50.6 Å². The maximum absolute atomic E-state index is 6.16. The van der Waals surface area contributed by atoms with Crippen LogP contribution < -0.4 is 26.3 Å². The third kappa shape index (κ3) is 4.41. The molecule has 5 aliphatic rings. The van der Waals surface area contributed by atoms with Crippen LogP contribution in [-0.4, -0.2) is 75.3 Å². The quantitative estimate of drug-likeness (QED) is 0.381. The number of likely N-dealkylation sites (tertiary alicyclic amines) is 2. The standard InChI is InChI=1S/C21H40N6O/c1-2-12-26(11-1)19-14-17(7-10-23-19)20-24-21(28-25-20)18-4-3-13-27(18)15-16-5-8-22-9-6-16/h16-25H,1-15H2/p+2. The Morgan fingerprint density at radius 2 is 1.89 bits per heavy atom. The van der Waals surface area contributed by atoms with Crippen LogP contribution in [0.5, 0.6) is 0 Å². The van der Waals surface area contributed by atoms with Crippen molar-refractivity contribution >= 4 is 0 Å². The average molecular weight is 395 g/mol. The minimum atomic E-state index is 0.195. The predicted octanol–water partition coefficient (Wildman–Crippen LogP) is -1.79. The van der Waals surface area contributed by atoms with Crippen molar-refractivity contribution < 1.29 is 15.1 Å². The zero-order valence-electron chi connectivity index (χ0n) is 17.5. The lowest BCUT2D eigenvalue weighted by Crippen LogP contribution is -3.16. The molecule has 5 heterocycles. The van der Waals surface area contributed by atoms with E-state index in [1.54, 1.807) is 4.90 Å². The number of quaternary nitrogens is 2. The van der Waals surface area contributed by atoms with Gasteiger partial charge in [0.2, 0.25) is 0 Å². The molecule has 0 spiro atoms. The summed E-state index contributed by atoms with van der Waals surface area (Å²) in [5.41, 5.74) is 3.42. The molecule has 0 saturated carbocycles. The van der Waals surface area contributed by atoms with Gasteiger partial charge in [0.05, 0.1) is 25.8 Å². The number of hydroxylamine groups is 1. The number of piperidine rings is 2. The summed E-state index contributed by atoms with van der Waals surface area (Å²) in [5.74, 6) is 1.59. The second-order valence-corrected chi connectivity index (χ2v) is 9.97. The minimum absolute atomic E-state index is 0.195. The molecule has 7 heteroatoms. The van der Waals surface area contributed by atoms with Crippen LogP contribution in [0.4, 0.5) is 0 Å². The fourth-order valence-corrected chi connectivity index (χ4v) is 6.54. The number of nitrogens with one attached hydrogen (secondary N) is 4. The summed E-state index contributed by atoms with van der Waals surface area (Å²) >= 11 is 0. The summed E-state index contributed by atoms with van der Waals surface area (Å²) < 4.78 is 0. The summed E-state index contributed by atoms with van der Waals surface area (Å²) in [4.78, 5) is 10.7. The van der Waals surface area contributed by atoms with Crippen LogP contribution in [0.2, 0.25) is 0 Å². The first-order valence-electron chi connectivity index (χ1n) is 12.2. The highest BCUT2D eigenvalue weighted by Gasteiger charge is 2.44. The third-order valence-electron chi connectivity index (χ3n) is 8.18. The third-order valence-corrected chi connectivity index (χ3v) is 8.18. The maximum Gasteiger partial charge on any atom is 0.183 e. The van der Waals surface area contributed by atoms with Gasteiger partial charge >= 0.3 is 0 Å². The van der Waals surface area contributed by atoms with E-state index < -0.39 is 0 Å². The van der Waals surface area contributed by atoms with Crippen LogP contribution >= 0.6 is 0 Å². The topological polar surface area (TPSA) is 69.6 Å². The molecule has 6 N–H and O–H groups in total. The summed E-state index contributed by atoms with van der Waals surface area (Å²) in [6, 6.07) is 0.622. The van der Waals surface area contributed by atoms with Gasteiger partial charge in [0.15, 0.2) is 6.23 Å². The highest BCUT2D eigenvalue weighted by atomic mass is 16.7. The van der Waals surface area contributed by atoms with Crippen molar-refractivity contribution in [1.29, 1.82) is 0 Å². The van der Waals surface area contributed by atoms with Gasteiger partial charge in [-0.2, -0.15) is 5.48 Å². The van der Waals surface area contributed by atoms with Gasteiger partial charge in [0.25, 0.3) is 0 Å². The lowest BCUT2D eigenvalue weighted by atomic mass is 9.92. The van der Waals surface area contributed by atoms with E-state index in [0.717, 1.165) is 5.92 Å². The van der Waals surface area contributed by atoms with Crippen molar-refractivity contribution in [2.75, 3.05) is 45.8 Å². The monoisotopic (exact) mass is 394 g/mol. The van der Waals surface area contributed by atoms with E-state index in [-0.39, 0.29) is 6.23 Å². The molecule has 6 atom stereocenters. The largest absolute Gasteiger partial charge is 0.331 e. The minimum Gasteiger partial charge on any atom is -0.331 e. The Balaban J connectivity index is 1.14. The van der Waals surface area contributed by atoms with Gasteiger partial charge in [0.1, 0.15) is 12.2 Å². The van der Waals surface area contributed by atoms with E-state index in [1.165, 1.54) is 97.2 Å². The first kappa shape index (κ1) is 19.7. The normalized spacial score (nSPS) is 43.7. The number of nitrogens with zero attached hydrogens (tertiary/aromatic N) is 1. The second kappa shape index (κ2) is 9.25. The van der Waals surface area contributed by atoms with Gasteiger partial charge < -0.3 is 15.5 Å². The molecule has 5 fully saturated rings. The molecule has 0 radical (unpaired) electrons. The molecule has 6 unspecified atom stereocenters. The van der Waals surface area contributed by atoms with Crippen LogP contribution in [0.25, 0.3) is 0 Å². The molecule has 5 saturated heterocycles. The van der Waals surface area contributed by atoms with Crippen molar-refractivity contribution in [1.82, 2.24) is 21.0 Å². The second-order valence-electron chi connectivity index (χ2n) is 9.97. The van der Waals surface area contributed by atoms with E-state index in [2.05, 4.69) is 26.3 Å². The molecule has 0 aromatic rings. The Morgan fingerprint density at radius 3 is 2.75 bits per heavy atom. The van der Waals surface area contributed by atoms with Crippen LogP contribution in [0, 0.1) is 11.8 Å². The van der Waals surface area contributed by atoms with Crippen molar-refractivity contribution in [3.63, 3.8) is 0 Å². The Hall–Kier alpha value is -0.280. The summed E-state index contributed by atoms with van der Waals surface area (Å²) in [7, 11) is 0. The summed E-state index contributed by atoms with van der Waals surface area (Å²) in [5, 5.41) is 9.97. The number of hydrogen-bond donors (Lipinski definition) is 5. The molecule has 5 rings (SSSR count).